The first-order valence-corrected chi connectivity index (χ1v) is 4.37. The summed E-state index contributed by atoms with van der Waals surface area (Å²) in [5.41, 5.74) is 5.36. The van der Waals surface area contributed by atoms with Crippen LogP contribution in [0.4, 0.5) is 0 Å². The van der Waals surface area contributed by atoms with E-state index in [4.69, 9.17) is 15.0 Å². The molecule has 2 N–H and O–H groups in total. The summed E-state index contributed by atoms with van der Waals surface area (Å²) in [6.07, 6.45) is 2.35. The first-order chi connectivity index (χ1) is 6.36. The Morgan fingerprint density at radius 2 is 2.31 bits per heavy atom. The third-order valence-electron chi connectivity index (χ3n) is 1.63. The third kappa shape index (κ3) is 3.52. The Morgan fingerprint density at radius 3 is 3.00 bits per heavy atom. The van der Waals surface area contributed by atoms with Gasteiger partial charge in [0.25, 0.3) is 0 Å². The summed E-state index contributed by atoms with van der Waals surface area (Å²) < 4.78 is 9.87. The quantitative estimate of drug-likeness (QED) is 0.682. The van der Waals surface area contributed by atoms with Crippen molar-refractivity contribution in [2.45, 2.75) is 19.3 Å². The van der Waals surface area contributed by atoms with Crippen molar-refractivity contribution in [2.75, 3.05) is 20.3 Å². The molecule has 13 heavy (non-hydrogen) atoms. The smallest absolute Gasteiger partial charge is 0.228 e. The van der Waals surface area contributed by atoms with Gasteiger partial charge >= 0.3 is 0 Å². The topological polar surface area (TPSA) is 74.2 Å². The molecule has 0 fully saturated rings. The van der Waals surface area contributed by atoms with Crippen molar-refractivity contribution < 1.29 is 9.26 Å². The molecule has 74 valence electrons. The van der Waals surface area contributed by atoms with Crippen LogP contribution in [0, 0.1) is 0 Å². The van der Waals surface area contributed by atoms with Gasteiger partial charge < -0.3 is 15.0 Å². The fourth-order valence-corrected chi connectivity index (χ4v) is 0.943. The maximum Gasteiger partial charge on any atom is 0.228 e. The van der Waals surface area contributed by atoms with Gasteiger partial charge in [-0.1, -0.05) is 5.16 Å². The van der Waals surface area contributed by atoms with E-state index in [9.17, 15) is 0 Å². The molecule has 1 aromatic heterocycles. The molecular formula is C8H15N3O2. The summed E-state index contributed by atoms with van der Waals surface area (Å²) >= 11 is 0. The van der Waals surface area contributed by atoms with Gasteiger partial charge in [-0.3, -0.25) is 0 Å². The number of hydrogen-bond donors (Lipinski definition) is 1. The number of nitrogens with zero attached hydrogens (tertiary/aromatic N) is 2. The van der Waals surface area contributed by atoms with Crippen LogP contribution in [0.2, 0.25) is 0 Å². The van der Waals surface area contributed by atoms with Gasteiger partial charge in [-0.25, -0.2) is 0 Å². The number of hydrogen-bond acceptors (Lipinski definition) is 5. The van der Waals surface area contributed by atoms with Gasteiger partial charge in [0.05, 0.1) is 13.0 Å². The zero-order chi connectivity index (χ0) is 9.52. The second-order valence-corrected chi connectivity index (χ2v) is 2.74. The lowest BCUT2D eigenvalue weighted by Gasteiger charge is -1.90. The lowest BCUT2D eigenvalue weighted by molar-refractivity contribution is 0.192. The standard InChI is InChI=1S/C8H15N3O2/c1-12-6-4-8-10-7(11-13-8)3-2-5-9/h2-6,9H2,1H3. The largest absolute Gasteiger partial charge is 0.384 e. The van der Waals surface area contributed by atoms with Crippen molar-refractivity contribution in [3.63, 3.8) is 0 Å². The van der Waals surface area contributed by atoms with Crippen molar-refractivity contribution in [2.24, 2.45) is 5.73 Å². The Kier molecular flexibility index (Phi) is 4.42. The van der Waals surface area contributed by atoms with E-state index in [1.807, 2.05) is 0 Å². The van der Waals surface area contributed by atoms with Crippen LogP contribution < -0.4 is 5.73 Å². The molecule has 5 nitrogen and oxygen atoms in total. The minimum absolute atomic E-state index is 0.610. The van der Waals surface area contributed by atoms with Gasteiger partial charge in [0.15, 0.2) is 5.82 Å². The van der Waals surface area contributed by atoms with Crippen molar-refractivity contribution in [1.29, 1.82) is 0 Å². The van der Waals surface area contributed by atoms with Crippen LogP contribution in [0.25, 0.3) is 0 Å². The minimum atomic E-state index is 0.610. The number of methoxy groups -OCH3 is 1. The summed E-state index contributed by atoms with van der Waals surface area (Å²) in [5.74, 6) is 1.37. The van der Waals surface area contributed by atoms with Crippen LogP contribution in [0.3, 0.4) is 0 Å². The van der Waals surface area contributed by atoms with Crippen LogP contribution >= 0.6 is 0 Å². The number of ether oxygens (including phenoxy) is 1. The predicted molar refractivity (Wildman–Crippen MR) is 47.3 cm³/mol. The molecule has 0 aliphatic rings. The third-order valence-corrected chi connectivity index (χ3v) is 1.63. The van der Waals surface area contributed by atoms with Crippen LogP contribution in [-0.4, -0.2) is 30.4 Å². The minimum Gasteiger partial charge on any atom is -0.384 e. The van der Waals surface area contributed by atoms with E-state index in [-0.39, 0.29) is 0 Å². The van der Waals surface area contributed by atoms with Gasteiger partial charge in [-0.05, 0) is 13.0 Å². The zero-order valence-corrected chi connectivity index (χ0v) is 7.82. The van der Waals surface area contributed by atoms with Gasteiger partial charge in [-0.15, -0.1) is 0 Å². The molecule has 0 amide bonds. The molecule has 0 atom stereocenters. The molecule has 0 spiro atoms. The fraction of sp³-hybridized carbons (Fsp3) is 0.750. The van der Waals surface area contributed by atoms with E-state index in [1.165, 1.54) is 0 Å². The van der Waals surface area contributed by atoms with Gasteiger partial charge in [0.1, 0.15) is 0 Å². The zero-order valence-electron chi connectivity index (χ0n) is 7.82. The molecule has 0 aromatic carbocycles. The van der Waals surface area contributed by atoms with E-state index >= 15 is 0 Å². The highest BCUT2D eigenvalue weighted by Gasteiger charge is 2.04. The number of aromatic nitrogens is 2. The summed E-state index contributed by atoms with van der Waals surface area (Å²) in [6.45, 7) is 1.26. The van der Waals surface area contributed by atoms with E-state index in [0.29, 0.717) is 25.5 Å². The van der Waals surface area contributed by atoms with Crippen molar-refractivity contribution in [3.05, 3.63) is 11.7 Å². The molecule has 0 saturated carbocycles. The maximum atomic E-state index is 5.36. The van der Waals surface area contributed by atoms with Crippen LogP contribution in [-0.2, 0) is 17.6 Å². The Bertz CT molecular complexity index is 215. The van der Waals surface area contributed by atoms with Crippen LogP contribution in [0.15, 0.2) is 4.52 Å². The molecule has 0 radical (unpaired) electrons. The first kappa shape index (κ1) is 10.1. The lowest BCUT2D eigenvalue weighted by Crippen LogP contribution is -2.01. The molecule has 0 bridgehead atoms. The molecule has 0 unspecified atom stereocenters. The SMILES string of the molecule is COCCc1nc(CCCN)no1. The van der Waals surface area contributed by atoms with Crippen LogP contribution in [0.1, 0.15) is 18.1 Å². The Labute approximate surface area is 77.3 Å². The van der Waals surface area contributed by atoms with Crippen LogP contribution in [0.5, 0.6) is 0 Å². The summed E-state index contributed by atoms with van der Waals surface area (Å²) in [7, 11) is 1.64. The van der Waals surface area contributed by atoms with Gasteiger partial charge in [-0.2, -0.15) is 4.98 Å². The van der Waals surface area contributed by atoms with Crippen molar-refractivity contribution >= 4 is 0 Å². The molecule has 1 aromatic rings. The second kappa shape index (κ2) is 5.66. The van der Waals surface area contributed by atoms with E-state index in [0.717, 1.165) is 18.7 Å². The van der Waals surface area contributed by atoms with E-state index < -0.39 is 0 Å². The van der Waals surface area contributed by atoms with Crippen molar-refractivity contribution in [1.82, 2.24) is 10.1 Å². The maximum absolute atomic E-state index is 5.36. The summed E-state index contributed by atoms with van der Waals surface area (Å²) in [4.78, 5) is 4.17. The number of nitrogens with two attached hydrogens (primary N) is 1. The molecule has 0 aliphatic heterocycles. The normalized spacial score (nSPS) is 10.6. The van der Waals surface area contributed by atoms with Gasteiger partial charge in [0, 0.05) is 13.5 Å². The predicted octanol–water partition coefficient (Wildman–Crippen LogP) is 0.150. The molecule has 5 heteroatoms. The molecular weight excluding hydrogens is 170 g/mol. The van der Waals surface area contributed by atoms with E-state index in [1.54, 1.807) is 7.11 Å². The molecule has 0 saturated heterocycles. The Hall–Kier alpha value is -0.940. The highest BCUT2D eigenvalue weighted by Crippen LogP contribution is 2.00. The van der Waals surface area contributed by atoms with Crippen molar-refractivity contribution in [3.8, 4) is 0 Å². The highest BCUT2D eigenvalue weighted by atomic mass is 16.5. The lowest BCUT2D eigenvalue weighted by atomic mass is 10.3. The fourth-order valence-electron chi connectivity index (χ4n) is 0.943. The average Bonchev–Trinajstić information content (AvgIpc) is 2.59. The average molecular weight is 185 g/mol. The molecule has 1 heterocycles. The Morgan fingerprint density at radius 1 is 1.46 bits per heavy atom. The van der Waals surface area contributed by atoms with Gasteiger partial charge in [0.2, 0.25) is 5.89 Å². The second-order valence-electron chi connectivity index (χ2n) is 2.74. The summed E-state index contributed by atoms with van der Waals surface area (Å²) in [6, 6.07) is 0. The highest BCUT2D eigenvalue weighted by molar-refractivity contribution is 4.86. The molecule has 0 aliphatic carbocycles. The number of rotatable bonds is 6. The number of aryl methyl sites for hydroxylation is 1. The monoisotopic (exact) mass is 185 g/mol. The molecule has 1 rings (SSSR count). The Balaban J connectivity index is 2.34. The summed E-state index contributed by atoms with van der Waals surface area (Å²) in [5, 5.41) is 3.81. The first-order valence-electron chi connectivity index (χ1n) is 4.37. The van der Waals surface area contributed by atoms with E-state index in [2.05, 4.69) is 10.1 Å².